The first-order valence-corrected chi connectivity index (χ1v) is 11.2. The number of fused-ring (bicyclic) bond motifs is 1. The molecule has 1 fully saturated rings. The molecule has 0 bridgehead atoms. The van der Waals surface area contributed by atoms with Gasteiger partial charge in [0.1, 0.15) is 11.4 Å². The molecule has 4 rings (SSSR count). The third-order valence-electron chi connectivity index (χ3n) is 6.35. The molecule has 1 amide bonds. The van der Waals surface area contributed by atoms with Crippen LogP contribution in [0.15, 0.2) is 42.5 Å². The minimum Gasteiger partial charge on any atom is -0.486 e. The maximum absolute atomic E-state index is 12.8. The molecule has 2 aliphatic rings. The van der Waals surface area contributed by atoms with E-state index >= 15 is 0 Å². The van der Waals surface area contributed by atoms with Gasteiger partial charge in [0.05, 0.1) is 12.0 Å². The molecule has 2 aromatic carbocycles. The number of likely N-dealkylation sites (tertiary alicyclic amines) is 1. The summed E-state index contributed by atoms with van der Waals surface area (Å²) in [6, 6.07) is 11.8. The molecule has 31 heavy (non-hydrogen) atoms. The van der Waals surface area contributed by atoms with E-state index in [4.69, 9.17) is 16.3 Å². The number of ether oxygens (including phenoxy) is 1. The van der Waals surface area contributed by atoms with Gasteiger partial charge in [-0.3, -0.25) is 9.59 Å². The van der Waals surface area contributed by atoms with Gasteiger partial charge >= 0.3 is 0 Å². The van der Waals surface area contributed by atoms with Crippen molar-refractivity contribution in [2.75, 3.05) is 13.1 Å². The van der Waals surface area contributed by atoms with Gasteiger partial charge < -0.3 is 9.64 Å². The minimum atomic E-state index is -0.532. The van der Waals surface area contributed by atoms with Gasteiger partial charge in [0.2, 0.25) is 5.91 Å². The van der Waals surface area contributed by atoms with Crippen LogP contribution in [0.25, 0.3) is 6.08 Å². The van der Waals surface area contributed by atoms with Crippen molar-refractivity contribution in [2.24, 2.45) is 0 Å². The van der Waals surface area contributed by atoms with Gasteiger partial charge in [0.15, 0.2) is 5.78 Å². The van der Waals surface area contributed by atoms with E-state index in [0.29, 0.717) is 54.6 Å². The summed E-state index contributed by atoms with van der Waals surface area (Å²) in [5, 5.41) is 0.551. The van der Waals surface area contributed by atoms with E-state index in [9.17, 15) is 9.59 Å². The van der Waals surface area contributed by atoms with Crippen LogP contribution in [-0.4, -0.2) is 35.3 Å². The Labute approximate surface area is 188 Å². The third-order valence-corrected chi connectivity index (χ3v) is 6.57. The SMILES string of the molecule is Cc1cc(Cl)cc2c1OC1(CCN(C(=O)/C=C/c3ccc(C(C)C)cc3)CC1)CC2=O. The van der Waals surface area contributed by atoms with E-state index in [0.717, 1.165) is 11.1 Å². The van der Waals surface area contributed by atoms with E-state index in [1.165, 1.54) is 5.56 Å². The molecule has 1 spiro atoms. The Kier molecular flexibility index (Phi) is 5.94. The standard InChI is InChI=1S/C26H28ClNO3/c1-17(2)20-7-4-19(5-8-20)6-9-24(30)28-12-10-26(11-13-28)16-23(29)22-15-21(27)14-18(3)25(22)31-26/h4-9,14-15,17H,10-13,16H2,1-3H3/b9-6+. The zero-order valence-corrected chi connectivity index (χ0v) is 19.0. The predicted molar refractivity (Wildman–Crippen MR) is 124 cm³/mol. The van der Waals surface area contributed by atoms with E-state index in [-0.39, 0.29) is 11.7 Å². The lowest BCUT2D eigenvalue weighted by Gasteiger charge is -2.44. The number of ketones is 1. The molecule has 0 radical (unpaired) electrons. The van der Waals surface area contributed by atoms with Gasteiger partial charge in [-0.25, -0.2) is 0 Å². The second-order valence-corrected chi connectivity index (χ2v) is 9.40. The summed E-state index contributed by atoms with van der Waals surface area (Å²) < 4.78 is 6.37. The van der Waals surface area contributed by atoms with Crippen LogP contribution < -0.4 is 4.74 Å². The van der Waals surface area contributed by atoms with Gasteiger partial charge in [-0.15, -0.1) is 0 Å². The lowest BCUT2D eigenvalue weighted by Crippen LogP contribution is -2.52. The highest BCUT2D eigenvalue weighted by Gasteiger charge is 2.44. The number of carbonyl (C=O) groups excluding carboxylic acids is 2. The van der Waals surface area contributed by atoms with Crippen LogP contribution in [0.2, 0.25) is 5.02 Å². The Bertz CT molecular complexity index is 1030. The number of Topliss-reactive ketones (excluding diaryl/α,β-unsaturated/α-hetero) is 1. The van der Waals surface area contributed by atoms with Crippen molar-refractivity contribution in [3.05, 3.63) is 69.8 Å². The van der Waals surface area contributed by atoms with Gasteiger partial charge in [-0.1, -0.05) is 49.7 Å². The Morgan fingerprint density at radius 1 is 1.16 bits per heavy atom. The number of carbonyl (C=O) groups is 2. The highest BCUT2D eigenvalue weighted by atomic mass is 35.5. The average Bonchev–Trinajstić information content (AvgIpc) is 2.74. The summed E-state index contributed by atoms with van der Waals surface area (Å²) in [6.07, 6.45) is 5.11. The monoisotopic (exact) mass is 437 g/mol. The Balaban J connectivity index is 1.40. The minimum absolute atomic E-state index is 0.00622. The highest BCUT2D eigenvalue weighted by molar-refractivity contribution is 6.31. The largest absolute Gasteiger partial charge is 0.486 e. The summed E-state index contributed by atoms with van der Waals surface area (Å²) in [4.78, 5) is 27.3. The zero-order valence-electron chi connectivity index (χ0n) is 18.3. The number of aryl methyl sites for hydroxylation is 1. The quantitative estimate of drug-likeness (QED) is 0.569. The molecule has 2 aromatic rings. The van der Waals surface area contributed by atoms with Crippen LogP contribution in [0, 0.1) is 6.92 Å². The number of benzene rings is 2. The van der Waals surface area contributed by atoms with Gasteiger partial charge in [0, 0.05) is 37.0 Å². The molecule has 0 saturated carbocycles. The van der Waals surface area contributed by atoms with Crippen molar-refractivity contribution in [3.8, 4) is 5.75 Å². The first kappa shape index (κ1) is 21.6. The Morgan fingerprint density at radius 2 is 1.84 bits per heavy atom. The number of amides is 1. The van der Waals surface area contributed by atoms with Gasteiger partial charge in [-0.2, -0.15) is 0 Å². The molecule has 0 N–H and O–H groups in total. The fourth-order valence-corrected chi connectivity index (χ4v) is 4.66. The number of rotatable bonds is 3. The van der Waals surface area contributed by atoms with Crippen LogP contribution in [-0.2, 0) is 4.79 Å². The normalized spacial score (nSPS) is 17.8. The van der Waals surface area contributed by atoms with Crippen LogP contribution in [0.3, 0.4) is 0 Å². The van der Waals surface area contributed by atoms with Crippen LogP contribution in [0.5, 0.6) is 5.75 Å². The van der Waals surface area contributed by atoms with Crippen molar-refractivity contribution in [2.45, 2.75) is 51.6 Å². The van der Waals surface area contributed by atoms with Gasteiger partial charge in [-0.05, 0) is 47.7 Å². The van der Waals surface area contributed by atoms with E-state index in [1.54, 1.807) is 12.1 Å². The second kappa shape index (κ2) is 8.51. The Morgan fingerprint density at radius 3 is 2.48 bits per heavy atom. The number of nitrogens with zero attached hydrogens (tertiary/aromatic N) is 1. The maximum Gasteiger partial charge on any atom is 0.246 e. The molecule has 5 heteroatoms. The van der Waals surface area contributed by atoms with Crippen molar-refractivity contribution in [1.29, 1.82) is 0 Å². The lowest BCUT2D eigenvalue weighted by molar-refractivity contribution is -0.129. The van der Waals surface area contributed by atoms with Crippen LogP contribution in [0.4, 0.5) is 0 Å². The van der Waals surface area contributed by atoms with Crippen molar-refractivity contribution in [1.82, 2.24) is 4.90 Å². The van der Waals surface area contributed by atoms with Crippen molar-refractivity contribution < 1.29 is 14.3 Å². The molecule has 162 valence electrons. The van der Waals surface area contributed by atoms with Crippen molar-refractivity contribution in [3.63, 3.8) is 0 Å². The summed E-state index contributed by atoms with van der Waals surface area (Å²) in [7, 11) is 0. The zero-order chi connectivity index (χ0) is 22.2. The molecule has 2 heterocycles. The summed E-state index contributed by atoms with van der Waals surface area (Å²) in [5.74, 6) is 1.19. The molecule has 2 aliphatic heterocycles. The molecule has 0 aliphatic carbocycles. The number of piperidine rings is 1. The lowest BCUT2D eigenvalue weighted by atomic mass is 9.82. The Hall–Kier alpha value is -2.59. The first-order chi connectivity index (χ1) is 14.8. The fraction of sp³-hybridized carbons (Fsp3) is 0.385. The summed E-state index contributed by atoms with van der Waals surface area (Å²) in [6.45, 7) is 7.38. The van der Waals surface area contributed by atoms with E-state index < -0.39 is 5.60 Å². The maximum atomic E-state index is 12.8. The smallest absolute Gasteiger partial charge is 0.246 e. The molecule has 4 nitrogen and oxygen atoms in total. The molecule has 0 unspecified atom stereocenters. The third kappa shape index (κ3) is 4.54. The molecule has 1 saturated heterocycles. The predicted octanol–water partition coefficient (Wildman–Crippen LogP) is 5.81. The van der Waals surface area contributed by atoms with E-state index in [2.05, 4.69) is 26.0 Å². The number of halogens is 1. The van der Waals surface area contributed by atoms with Crippen LogP contribution >= 0.6 is 11.6 Å². The topological polar surface area (TPSA) is 46.6 Å². The summed E-state index contributed by atoms with van der Waals surface area (Å²) >= 11 is 6.12. The highest BCUT2D eigenvalue weighted by Crippen LogP contribution is 2.42. The van der Waals surface area contributed by atoms with Gasteiger partial charge in [0.25, 0.3) is 0 Å². The molecule has 0 aromatic heterocycles. The fourth-order valence-electron chi connectivity index (χ4n) is 4.39. The summed E-state index contributed by atoms with van der Waals surface area (Å²) in [5.41, 5.74) is 3.21. The van der Waals surface area contributed by atoms with E-state index in [1.807, 2.05) is 36.1 Å². The number of hydrogen-bond donors (Lipinski definition) is 0. The molecular weight excluding hydrogens is 410 g/mol. The molecular formula is C26H28ClNO3. The van der Waals surface area contributed by atoms with Crippen LogP contribution in [0.1, 0.15) is 66.1 Å². The molecule has 0 atom stereocenters. The first-order valence-electron chi connectivity index (χ1n) is 10.9. The average molecular weight is 438 g/mol. The number of hydrogen-bond acceptors (Lipinski definition) is 3. The van der Waals surface area contributed by atoms with Crippen molar-refractivity contribution >= 4 is 29.4 Å². The second-order valence-electron chi connectivity index (χ2n) is 8.96.